The Morgan fingerprint density at radius 1 is 1.00 bits per heavy atom. The first-order valence-corrected chi connectivity index (χ1v) is 11.6. The van der Waals surface area contributed by atoms with Crippen molar-refractivity contribution in [1.82, 2.24) is 4.57 Å². The lowest BCUT2D eigenvalue weighted by Crippen LogP contribution is -2.13. The van der Waals surface area contributed by atoms with Gasteiger partial charge in [-0.2, -0.15) is 0 Å². The van der Waals surface area contributed by atoms with Gasteiger partial charge in [-0.1, -0.05) is 17.7 Å². The smallest absolute Gasteiger partial charge is 0.340 e. The van der Waals surface area contributed by atoms with Gasteiger partial charge in [0.15, 0.2) is 0 Å². The first-order chi connectivity index (χ1) is 17.7. The van der Waals surface area contributed by atoms with Gasteiger partial charge in [0, 0.05) is 28.9 Å². The highest BCUT2D eigenvalue weighted by Gasteiger charge is 2.19. The molecule has 1 N–H and O–H groups in total. The van der Waals surface area contributed by atoms with E-state index in [1.54, 1.807) is 36.4 Å². The number of nitrogens with zero attached hydrogens (tertiary/aromatic N) is 1. The highest BCUT2D eigenvalue weighted by atomic mass is 35.5. The van der Waals surface area contributed by atoms with Gasteiger partial charge in [0.2, 0.25) is 5.91 Å². The van der Waals surface area contributed by atoms with E-state index >= 15 is 0 Å². The zero-order valence-corrected chi connectivity index (χ0v) is 21.0. The molecule has 0 radical (unpaired) electrons. The van der Waals surface area contributed by atoms with Gasteiger partial charge in [0.05, 0.1) is 29.6 Å². The molecule has 0 atom stereocenters. The minimum absolute atomic E-state index is 0.178. The number of hydrogen-bond acceptors (Lipinski definition) is 4. The van der Waals surface area contributed by atoms with Crippen LogP contribution in [-0.2, 0) is 16.1 Å². The van der Waals surface area contributed by atoms with E-state index in [4.69, 9.17) is 21.1 Å². The summed E-state index contributed by atoms with van der Waals surface area (Å²) in [5, 5.41) is 3.02. The fourth-order valence-corrected chi connectivity index (χ4v) is 4.15. The third-order valence-corrected chi connectivity index (χ3v) is 5.94. The first-order valence-electron chi connectivity index (χ1n) is 11.2. The molecule has 1 aromatic heterocycles. The Hall–Kier alpha value is -4.17. The van der Waals surface area contributed by atoms with Gasteiger partial charge in [0.25, 0.3) is 0 Å². The summed E-state index contributed by atoms with van der Waals surface area (Å²) < 4.78 is 41.0. The summed E-state index contributed by atoms with van der Waals surface area (Å²) >= 11 is 6.22. The minimum Gasteiger partial charge on any atom is -0.488 e. The van der Waals surface area contributed by atoms with Gasteiger partial charge < -0.3 is 19.4 Å². The Bertz CT molecular complexity index is 1480. The standard InChI is InChI=1S/C28H23ClF2N2O4/c1-16-7-12-26(33(16)19-9-11-25(32-17(2)34)21(14-19)28(35)36-3)20-10-8-18(29)13-27(20)37-15-22-23(30)5-4-6-24(22)31/h4-14H,15H2,1-3H3,(H,32,34). The molecule has 0 saturated carbocycles. The average molecular weight is 525 g/mol. The second kappa shape index (κ2) is 10.8. The number of benzene rings is 3. The highest BCUT2D eigenvalue weighted by Crippen LogP contribution is 2.36. The molecule has 6 nitrogen and oxygen atoms in total. The number of nitrogens with one attached hydrogen (secondary N) is 1. The maximum atomic E-state index is 14.2. The summed E-state index contributed by atoms with van der Waals surface area (Å²) in [6.07, 6.45) is 0. The van der Waals surface area contributed by atoms with E-state index in [9.17, 15) is 18.4 Å². The van der Waals surface area contributed by atoms with Crippen molar-refractivity contribution in [1.29, 1.82) is 0 Å². The van der Waals surface area contributed by atoms with Crippen LogP contribution in [0.2, 0.25) is 5.02 Å². The summed E-state index contributed by atoms with van der Waals surface area (Å²) in [7, 11) is 1.26. The molecule has 0 aliphatic rings. The number of ether oxygens (including phenoxy) is 2. The van der Waals surface area contributed by atoms with Crippen molar-refractivity contribution in [3.63, 3.8) is 0 Å². The molecule has 190 valence electrons. The Labute approximate surface area is 217 Å². The summed E-state index contributed by atoms with van der Waals surface area (Å²) in [6, 6.07) is 17.3. The van der Waals surface area contributed by atoms with Gasteiger partial charge in [0.1, 0.15) is 24.0 Å². The van der Waals surface area contributed by atoms with Crippen molar-refractivity contribution >= 4 is 29.2 Å². The lowest BCUT2D eigenvalue weighted by molar-refractivity contribution is -0.114. The van der Waals surface area contributed by atoms with Gasteiger partial charge >= 0.3 is 5.97 Å². The van der Waals surface area contributed by atoms with E-state index in [1.807, 2.05) is 23.6 Å². The van der Waals surface area contributed by atoms with E-state index in [1.165, 1.54) is 32.2 Å². The molecule has 1 heterocycles. The number of amides is 1. The minimum atomic E-state index is -0.711. The van der Waals surface area contributed by atoms with Crippen molar-refractivity contribution in [3.8, 4) is 22.7 Å². The predicted molar refractivity (Wildman–Crippen MR) is 137 cm³/mol. The topological polar surface area (TPSA) is 69.6 Å². The molecule has 1 amide bonds. The second-order valence-corrected chi connectivity index (χ2v) is 8.66. The first kappa shape index (κ1) is 25.9. The number of carbonyl (C=O) groups is 2. The number of aryl methyl sites for hydroxylation is 1. The van der Waals surface area contributed by atoms with Crippen LogP contribution in [0.15, 0.2) is 66.7 Å². The summed E-state index contributed by atoms with van der Waals surface area (Å²) in [4.78, 5) is 24.1. The highest BCUT2D eigenvalue weighted by molar-refractivity contribution is 6.30. The molecule has 3 aromatic carbocycles. The third-order valence-electron chi connectivity index (χ3n) is 5.71. The number of aromatic nitrogens is 1. The molecule has 0 bridgehead atoms. The molecular formula is C28H23ClF2N2O4. The number of methoxy groups -OCH3 is 1. The van der Waals surface area contributed by atoms with Crippen LogP contribution in [0.5, 0.6) is 5.75 Å². The van der Waals surface area contributed by atoms with E-state index in [0.717, 1.165) is 5.69 Å². The summed E-state index contributed by atoms with van der Waals surface area (Å²) in [5.74, 6) is -2.04. The van der Waals surface area contributed by atoms with Gasteiger partial charge in [-0.15, -0.1) is 0 Å². The van der Waals surface area contributed by atoms with E-state index in [-0.39, 0.29) is 23.6 Å². The number of esters is 1. The van der Waals surface area contributed by atoms with Gasteiger partial charge in [-0.25, -0.2) is 13.6 Å². The third kappa shape index (κ3) is 5.49. The quantitative estimate of drug-likeness (QED) is 0.273. The van der Waals surface area contributed by atoms with Crippen LogP contribution in [-0.4, -0.2) is 23.6 Å². The van der Waals surface area contributed by atoms with Crippen LogP contribution < -0.4 is 10.1 Å². The number of rotatable bonds is 7. The largest absolute Gasteiger partial charge is 0.488 e. The van der Waals surface area contributed by atoms with E-state index < -0.39 is 17.6 Å². The molecule has 4 aromatic rings. The Morgan fingerprint density at radius 2 is 1.73 bits per heavy atom. The molecule has 0 aliphatic heterocycles. The van der Waals surface area contributed by atoms with Crippen LogP contribution in [0.1, 0.15) is 28.5 Å². The molecule has 9 heteroatoms. The lowest BCUT2D eigenvalue weighted by Gasteiger charge is -2.18. The van der Waals surface area contributed by atoms with Crippen molar-refractivity contribution in [2.24, 2.45) is 0 Å². The van der Waals surface area contributed by atoms with Crippen molar-refractivity contribution in [2.45, 2.75) is 20.5 Å². The van der Waals surface area contributed by atoms with Crippen LogP contribution >= 0.6 is 11.6 Å². The Morgan fingerprint density at radius 3 is 2.41 bits per heavy atom. The summed E-state index contributed by atoms with van der Waals surface area (Å²) in [6.45, 7) is 2.88. The molecule has 0 spiro atoms. The second-order valence-electron chi connectivity index (χ2n) is 8.23. The zero-order chi connectivity index (χ0) is 26.7. The number of hydrogen-bond donors (Lipinski definition) is 1. The fraction of sp³-hybridized carbons (Fsp3) is 0.143. The van der Waals surface area contributed by atoms with Crippen LogP contribution in [0, 0.1) is 18.6 Å². The monoisotopic (exact) mass is 524 g/mol. The van der Waals surface area contributed by atoms with E-state index in [2.05, 4.69) is 5.32 Å². The summed E-state index contributed by atoms with van der Waals surface area (Å²) in [5.41, 5.74) is 3.04. The molecule has 0 aliphatic carbocycles. The Kier molecular flexibility index (Phi) is 7.59. The molecule has 0 saturated heterocycles. The SMILES string of the molecule is COC(=O)c1cc(-n2c(C)ccc2-c2ccc(Cl)cc2OCc2c(F)cccc2F)ccc1NC(C)=O. The molecule has 4 rings (SSSR count). The van der Waals surface area contributed by atoms with Gasteiger partial charge in [-0.05, 0) is 67.6 Å². The maximum absolute atomic E-state index is 14.2. The maximum Gasteiger partial charge on any atom is 0.340 e. The fourth-order valence-electron chi connectivity index (χ4n) is 3.99. The number of halogens is 3. The Balaban J connectivity index is 1.79. The molecule has 37 heavy (non-hydrogen) atoms. The van der Waals surface area contributed by atoms with Gasteiger partial charge in [-0.3, -0.25) is 4.79 Å². The molecule has 0 unspecified atom stereocenters. The lowest BCUT2D eigenvalue weighted by atomic mass is 10.1. The van der Waals surface area contributed by atoms with Crippen molar-refractivity contribution in [2.75, 3.05) is 12.4 Å². The number of carbonyl (C=O) groups excluding carboxylic acids is 2. The normalized spacial score (nSPS) is 10.8. The van der Waals surface area contributed by atoms with Crippen molar-refractivity contribution < 1.29 is 27.8 Å². The number of anilines is 1. The van der Waals surface area contributed by atoms with Crippen LogP contribution in [0.4, 0.5) is 14.5 Å². The van der Waals surface area contributed by atoms with Crippen LogP contribution in [0.25, 0.3) is 16.9 Å². The predicted octanol–water partition coefficient (Wildman–Crippen LogP) is 6.71. The van der Waals surface area contributed by atoms with Crippen molar-refractivity contribution in [3.05, 3.63) is 100 Å². The average Bonchev–Trinajstić information content (AvgIpc) is 3.24. The zero-order valence-electron chi connectivity index (χ0n) is 20.3. The molecular weight excluding hydrogens is 502 g/mol. The molecule has 0 fully saturated rings. The van der Waals surface area contributed by atoms with E-state index in [0.29, 0.717) is 33.4 Å². The van der Waals surface area contributed by atoms with Crippen LogP contribution in [0.3, 0.4) is 0 Å².